The molecule has 0 aromatic rings. The number of aliphatic hydroxyl groups is 26. The Kier molecular flexibility index (Phi) is 37.9. The first-order chi connectivity index (χ1) is 69.8. The number of carbonyl (C=O) groups is 3. The summed E-state index contributed by atoms with van der Waals surface area (Å²) in [6.45, 7) is 26.4. The van der Waals surface area contributed by atoms with Crippen LogP contribution in [-0.2, 0) is 109 Å². The fourth-order valence-corrected chi connectivity index (χ4v) is 25.2. The number of hydrogen-bond donors (Lipinski definition) is 26. The van der Waals surface area contributed by atoms with Gasteiger partial charge in [-0.1, -0.05) is 84.4 Å². The van der Waals surface area contributed by atoms with E-state index in [-0.39, 0.29) is 61.5 Å². The van der Waals surface area contributed by atoms with Crippen LogP contribution in [0.15, 0.2) is 60.3 Å². The highest BCUT2D eigenvalue weighted by Gasteiger charge is 2.74. The average molecular weight is 2140 g/mol. The molecule has 54 atom stereocenters. The number of carbonyl (C=O) groups excluding carboxylic acids is 3. The first kappa shape index (κ1) is 120. The van der Waals surface area contributed by atoms with Crippen LogP contribution in [0, 0.1) is 50.2 Å². The molecular weight excluding hydrogens is 1990 g/mol. The molecule has 852 valence electrons. The molecule has 5 aliphatic carbocycles. The van der Waals surface area contributed by atoms with Crippen LogP contribution in [-0.4, -0.2) is 478 Å². The highest BCUT2D eigenvalue weighted by atomic mass is 16.8. The van der Waals surface area contributed by atoms with E-state index in [9.17, 15) is 138 Å². The predicted octanol–water partition coefficient (Wildman–Crippen LogP) is -6.61. The fourth-order valence-electron chi connectivity index (χ4n) is 25.2. The van der Waals surface area contributed by atoms with Gasteiger partial charge in [0.25, 0.3) is 0 Å². The second-order valence-corrected chi connectivity index (χ2v) is 45.4. The number of esters is 3. The standard InChI is InChI=1S/C100H158O49/c1-16-95(11,148-88-72(123)62(113)56(107)40(4)133-88)26-18-20-39(3)80(126)141-75-41(5)135-89(73(124)66(75)117)149-96(12,17-2)27-19-21-43(33-101)81(127)139-55-32-100(92(129)147-91-79(65(116)59(110)48(34-102)137-91)145-87-74(125)77(143-86-71(122)64(115)67(118)82(128)146-86)76(42(6)134-87)142-85-69(120)60(111)49(35-103)136-85)45(30-93(55,7)8)44-22-23-52-97(13)28-25-54(94(9,10)51(97)24-29-98(52,14)99(44,15)31-53(100)106)140-84-70(121)63(114)61(112)50(138-84)38-132-90-78(58(109)47(105)37-131-90)144-83-68(119)57(108)46(104)36-130-83/h16-17,20-22,40-42,45-79,82-91,101-125,128H,1-2,18-19,23-38H2,3-15H3. The lowest BCUT2D eigenvalue weighted by Crippen LogP contribution is -2.70. The molecule has 14 rings (SSSR count). The number of hydrogen-bond acceptors (Lipinski definition) is 49. The molecule has 49 nitrogen and oxygen atoms in total. The maximum absolute atomic E-state index is 16.8. The molecule has 4 saturated carbocycles. The molecule has 9 saturated heterocycles. The average Bonchev–Trinajstić information content (AvgIpc) is 0.807. The summed E-state index contributed by atoms with van der Waals surface area (Å²) in [5.41, 5.74) is -8.74. The van der Waals surface area contributed by atoms with Gasteiger partial charge in [0.2, 0.25) is 6.29 Å². The van der Waals surface area contributed by atoms with Crippen molar-refractivity contribution >= 4 is 17.9 Å². The Morgan fingerprint density at radius 3 is 1.54 bits per heavy atom. The van der Waals surface area contributed by atoms with Crippen molar-refractivity contribution in [1.82, 2.24) is 0 Å². The van der Waals surface area contributed by atoms with Crippen molar-refractivity contribution < 1.29 is 242 Å². The third-order valence-electron chi connectivity index (χ3n) is 35.0. The van der Waals surface area contributed by atoms with Gasteiger partial charge in [0.1, 0.15) is 176 Å². The zero-order valence-electron chi connectivity index (χ0n) is 85.8. The summed E-state index contributed by atoms with van der Waals surface area (Å²) in [4.78, 5) is 45.6. The minimum atomic E-state index is -2.32. The smallest absolute Gasteiger partial charge is 0.336 e. The third-order valence-corrected chi connectivity index (χ3v) is 35.0. The molecule has 54 unspecified atom stereocenters. The van der Waals surface area contributed by atoms with E-state index >= 15 is 9.59 Å². The number of rotatable bonds is 34. The lowest BCUT2D eigenvalue weighted by molar-refractivity contribution is -0.399. The normalized spacial score (nSPS) is 49.4. The van der Waals surface area contributed by atoms with Gasteiger partial charge in [-0.05, 0) is 152 Å². The Bertz CT molecular complexity index is 4610. The SMILES string of the molecule is C=CC(C)(CCC=C(C)C(=O)OC1C(C)OC(OC(C)(C=C)CCC=C(CO)C(=O)OC2CC3(C(=O)OC4OC(CO)C(O)C(O)C4OC4OC(C)C(OC5OC(CO)C(O)C5O)C(OC5OC(O)C(O)C(O)C5O)C4O)C(O)CC4(C)C(=CCC5C6(C)CCC(OC7OC(COC8OCC(O)C(O)C8OC8OCC(O)C(O)C8O)C(O)C(O)C7O)C(C)(C)C6CCC54C)C3CC2(C)C)C(O)C1O)OC1OC(C)C(O)C(O)C1O. The molecule has 13 fully saturated rings. The van der Waals surface area contributed by atoms with Gasteiger partial charge in [-0.25, -0.2) is 9.59 Å². The maximum Gasteiger partial charge on any atom is 0.336 e. The fraction of sp³-hybridized carbons (Fsp3) is 0.870. The highest BCUT2D eigenvalue weighted by Crippen LogP contribution is 2.76. The summed E-state index contributed by atoms with van der Waals surface area (Å²) in [6.07, 6.45) is -68.9. The third kappa shape index (κ3) is 23.2. The van der Waals surface area contributed by atoms with E-state index in [0.29, 0.717) is 37.7 Å². The Morgan fingerprint density at radius 1 is 0.436 bits per heavy atom. The van der Waals surface area contributed by atoms with E-state index in [2.05, 4.69) is 33.1 Å². The van der Waals surface area contributed by atoms with Crippen molar-refractivity contribution in [2.24, 2.45) is 50.2 Å². The molecule has 0 aromatic heterocycles. The summed E-state index contributed by atoms with van der Waals surface area (Å²) in [7, 11) is 0. The number of aliphatic hydroxyl groups excluding tert-OH is 26. The molecule has 0 radical (unpaired) electrons. The molecular formula is C100H158O49. The van der Waals surface area contributed by atoms with E-state index in [1.54, 1.807) is 27.7 Å². The van der Waals surface area contributed by atoms with E-state index < -0.39 is 390 Å². The molecule has 49 heteroatoms. The highest BCUT2D eigenvalue weighted by molar-refractivity contribution is 5.89. The molecule has 0 aromatic carbocycles. The Balaban J connectivity index is 0.712. The molecule has 26 N–H and O–H groups in total. The van der Waals surface area contributed by atoms with Gasteiger partial charge in [0.15, 0.2) is 68.8 Å². The van der Waals surface area contributed by atoms with Crippen LogP contribution in [0.2, 0.25) is 0 Å². The predicted molar refractivity (Wildman–Crippen MR) is 498 cm³/mol. The van der Waals surface area contributed by atoms with Gasteiger partial charge >= 0.3 is 17.9 Å². The second kappa shape index (κ2) is 47.1. The number of fused-ring (bicyclic) bond motifs is 7. The summed E-state index contributed by atoms with van der Waals surface area (Å²) < 4.78 is 121. The lowest BCUT2D eigenvalue weighted by atomic mass is 9.33. The topological polar surface area (TPSA) is 762 Å². The van der Waals surface area contributed by atoms with E-state index in [1.807, 2.05) is 20.8 Å². The van der Waals surface area contributed by atoms with E-state index in [4.69, 9.17) is 94.7 Å². The van der Waals surface area contributed by atoms with E-state index in [0.717, 1.165) is 0 Å². The Hall–Kier alpha value is -4.61. The number of allylic oxidation sites excluding steroid dienone is 4. The van der Waals surface area contributed by atoms with Crippen LogP contribution in [0.1, 0.15) is 167 Å². The van der Waals surface area contributed by atoms with E-state index in [1.165, 1.54) is 52.0 Å². The molecule has 0 bridgehead atoms. The molecule has 9 aliphatic heterocycles. The molecule has 149 heavy (non-hydrogen) atoms. The minimum Gasteiger partial charge on any atom is -0.458 e. The minimum absolute atomic E-state index is 0.0589. The quantitative estimate of drug-likeness (QED) is 0.00936. The van der Waals surface area contributed by atoms with Crippen LogP contribution >= 0.6 is 0 Å². The molecule has 14 aliphatic rings. The first-order valence-corrected chi connectivity index (χ1v) is 51.3. The van der Waals surface area contributed by atoms with Crippen LogP contribution in [0.5, 0.6) is 0 Å². The van der Waals surface area contributed by atoms with Gasteiger partial charge in [0.05, 0.1) is 86.9 Å². The first-order valence-electron chi connectivity index (χ1n) is 51.3. The van der Waals surface area contributed by atoms with Gasteiger partial charge < -0.3 is 228 Å². The van der Waals surface area contributed by atoms with Crippen molar-refractivity contribution in [2.45, 2.75) is 455 Å². The maximum atomic E-state index is 16.8. The monoisotopic (exact) mass is 2140 g/mol. The second-order valence-electron chi connectivity index (χ2n) is 45.4. The van der Waals surface area contributed by atoms with Crippen molar-refractivity contribution in [2.75, 3.05) is 39.6 Å². The van der Waals surface area contributed by atoms with Crippen molar-refractivity contribution in [3.8, 4) is 0 Å². The zero-order chi connectivity index (χ0) is 110. The van der Waals surface area contributed by atoms with Crippen molar-refractivity contribution in [1.29, 1.82) is 0 Å². The number of ether oxygens (including phenoxy) is 20. The molecule has 0 amide bonds. The molecule has 9 heterocycles. The van der Waals surface area contributed by atoms with Crippen LogP contribution in [0.25, 0.3) is 0 Å². The van der Waals surface area contributed by atoms with Gasteiger partial charge in [0, 0.05) is 17.4 Å². The lowest BCUT2D eigenvalue weighted by Gasteiger charge is -2.72. The van der Waals surface area contributed by atoms with Crippen LogP contribution in [0.3, 0.4) is 0 Å². The van der Waals surface area contributed by atoms with Gasteiger partial charge in [-0.15, -0.1) is 13.2 Å². The summed E-state index contributed by atoms with van der Waals surface area (Å²) in [5, 5.41) is 290. The Labute approximate surface area is 861 Å². The van der Waals surface area contributed by atoms with Crippen molar-refractivity contribution in [3.63, 3.8) is 0 Å². The summed E-state index contributed by atoms with van der Waals surface area (Å²) in [6, 6.07) is 0. The van der Waals surface area contributed by atoms with Crippen LogP contribution < -0.4 is 0 Å². The zero-order valence-corrected chi connectivity index (χ0v) is 85.8. The summed E-state index contributed by atoms with van der Waals surface area (Å²) in [5.74, 6) is -4.71. The van der Waals surface area contributed by atoms with Gasteiger partial charge in [-0.3, -0.25) is 4.79 Å². The van der Waals surface area contributed by atoms with Gasteiger partial charge in [-0.2, -0.15) is 0 Å². The van der Waals surface area contributed by atoms with Crippen LogP contribution in [0.4, 0.5) is 0 Å². The van der Waals surface area contributed by atoms with Crippen molar-refractivity contribution in [3.05, 3.63) is 60.3 Å². The largest absolute Gasteiger partial charge is 0.458 e. The molecule has 0 spiro atoms. The Morgan fingerprint density at radius 2 is 0.919 bits per heavy atom. The summed E-state index contributed by atoms with van der Waals surface area (Å²) >= 11 is 0.